The van der Waals surface area contributed by atoms with Crippen molar-refractivity contribution in [3.63, 3.8) is 0 Å². The largest absolute Gasteiger partial charge is 0.360 e. The summed E-state index contributed by atoms with van der Waals surface area (Å²) < 4.78 is 32.3. The van der Waals surface area contributed by atoms with Gasteiger partial charge in [-0.25, -0.2) is 13.4 Å². The predicted octanol–water partition coefficient (Wildman–Crippen LogP) is 4.83. The van der Waals surface area contributed by atoms with Gasteiger partial charge in [0.1, 0.15) is 16.9 Å². The number of fused-ring (bicyclic) bond motifs is 1. The monoisotopic (exact) mass is 525 g/mol. The molecule has 2 heterocycles. The van der Waals surface area contributed by atoms with E-state index in [-0.39, 0.29) is 16.6 Å². The first-order chi connectivity index (χ1) is 17.2. The number of thioether (sulfide) groups is 1. The number of aromatic nitrogens is 2. The van der Waals surface area contributed by atoms with Crippen LogP contribution in [0.25, 0.3) is 0 Å². The van der Waals surface area contributed by atoms with E-state index < -0.39 is 15.3 Å². The van der Waals surface area contributed by atoms with E-state index in [1.165, 1.54) is 54.9 Å². The zero-order valence-corrected chi connectivity index (χ0v) is 21.7. The predicted molar refractivity (Wildman–Crippen MR) is 137 cm³/mol. The molecular weight excluding hydrogens is 498 g/mol. The molecule has 0 fully saturated rings. The van der Waals surface area contributed by atoms with Crippen molar-refractivity contribution < 1.29 is 17.7 Å². The Balaban J connectivity index is 1.42. The Kier molecular flexibility index (Phi) is 7.96. The van der Waals surface area contributed by atoms with E-state index in [1.807, 2.05) is 6.07 Å². The van der Waals surface area contributed by atoms with Gasteiger partial charge in [0.05, 0.1) is 15.7 Å². The Hall–Kier alpha value is -3.36. The summed E-state index contributed by atoms with van der Waals surface area (Å²) in [7, 11) is -3.85. The number of amides is 1. The smallest absolute Gasteiger partial charge is 0.263 e. The van der Waals surface area contributed by atoms with E-state index in [1.54, 1.807) is 13.8 Å². The van der Waals surface area contributed by atoms with Crippen LogP contribution in [0.15, 0.2) is 50.8 Å². The maximum atomic E-state index is 12.8. The summed E-state index contributed by atoms with van der Waals surface area (Å²) in [6.07, 6.45) is 6.36. The Bertz CT molecular complexity index is 1390. The first-order valence-corrected chi connectivity index (χ1v) is 14.1. The average molecular weight is 526 g/mol. The summed E-state index contributed by atoms with van der Waals surface area (Å²) in [6, 6.07) is 11.5. The number of carbonyl (C=O) groups is 1. The third kappa shape index (κ3) is 6.25. The summed E-state index contributed by atoms with van der Waals surface area (Å²) in [6.45, 7) is 3.41. The van der Waals surface area contributed by atoms with E-state index in [2.05, 4.69) is 21.3 Å². The molecule has 0 saturated carbocycles. The number of aryl methyl sites for hydroxylation is 3. The van der Waals surface area contributed by atoms with Crippen LogP contribution >= 0.6 is 11.8 Å². The molecule has 11 heteroatoms. The van der Waals surface area contributed by atoms with Gasteiger partial charge in [-0.3, -0.25) is 9.52 Å². The second-order valence-electron chi connectivity index (χ2n) is 8.67. The van der Waals surface area contributed by atoms with E-state index in [0.717, 1.165) is 36.9 Å². The maximum Gasteiger partial charge on any atom is 0.263 e. The Morgan fingerprint density at radius 2 is 1.86 bits per heavy atom. The molecule has 1 atom stereocenters. The minimum absolute atomic E-state index is 0.0206. The summed E-state index contributed by atoms with van der Waals surface area (Å²) in [4.78, 5) is 17.6. The maximum absolute atomic E-state index is 12.8. The number of carbonyl (C=O) groups excluding carboxylic acids is 1. The Morgan fingerprint density at radius 3 is 2.53 bits per heavy atom. The van der Waals surface area contributed by atoms with Crippen molar-refractivity contribution >= 4 is 39.2 Å². The van der Waals surface area contributed by atoms with Crippen molar-refractivity contribution in [3.8, 4) is 6.07 Å². The molecule has 188 valence electrons. The number of nitriles is 1. The standard InChI is InChI=1S/C25H27N5O4S2/c1-16-13-23(29-34-16)30-36(32,33)21-11-9-20(10-12-21)27-24(31)17(2)35-25-19(15-26)14-18-7-5-3-4-6-8-22(18)28-25/h9-14,17H,3-8H2,1-2H3,(H,27,31)(H,29,30). The van der Waals surface area contributed by atoms with Crippen molar-refractivity contribution in [3.05, 3.63) is 59.0 Å². The lowest BCUT2D eigenvalue weighted by molar-refractivity contribution is -0.115. The highest BCUT2D eigenvalue weighted by Crippen LogP contribution is 2.30. The molecule has 9 nitrogen and oxygen atoms in total. The Morgan fingerprint density at radius 1 is 1.14 bits per heavy atom. The number of sulfonamides is 1. The fraction of sp³-hybridized carbons (Fsp3) is 0.360. The highest BCUT2D eigenvalue weighted by Gasteiger charge is 2.21. The molecule has 0 bridgehead atoms. The lowest BCUT2D eigenvalue weighted by Gasteiger charge is -2.17. The summed E-state index contributed by atoms with van der Waals surface area (Å²) in [5.41, 5.74) is 3.10. The van der Waals surface area contributed by atoms with Crippen LogP contribution in [0.1, 0.15) is 55.2 Å². The molecule has 1 amide bonds. The van der Waals surface area contributed by atoms with Gasteiger partial charge in [-0.15, -0.1) is 0 Å². The zero-order valence-electron chi connectivity index (χ0n) is 20.1. The lowest BCUT2D eigenvalue weighted by atomic mass is 9.96. The summed E-state index contributed by atoms with van der Waals surface area (Å²) in [5, 5.41) is 16.1. The van der Waals surface area contributed by atoms with Crippen LogP contribution in [-0.4, -0.2) is 29.7 Å². The number of hydrogen-bond acceptors (Lipinski definition) is 8. The molecule has 2 N–H and O–H groups in total. The molecular formula is C25H27N5O4S2. The molecule has 0 radical (unpaired) electrons. The zero-order chi connectivity index (χ0) is 25.7. The molecule has 4 rings (SSSR count). The molecule has 1 aliphatic carbocycles. The molecule has 0 spiro atoms. The van der Waals surface area contributed by atoms with Crippen LogP contribution in [-0.2, 0) is 27.7 Å². The number of pyridine rings is 1. The van der Waals surface area contributed by atoms with Crippen molar-refractivity contribution in [2.75, 3.05) is 10.0 Å². The summed E-state index contributed by atoms with van der Waals surface area (Å²) in [5.74, 6) is 0.301. The van der Waals surface area contributed by atoms with Gasteiger partial charge in [0.25, 0.3) is 10.0 Å². The fourth-order valence-electron chi connectivity index (χ4n) is 3.93. The van der Waals surface area contributed by atoms with Crippen LogP contribution in [0.3, 0.4) is 0 Å². The van der Waals surface area contributed by atoms with E-state index in [0.29, 0.717) is 22.0 Å². The molecule has 3 aromatic rings. The SMILES string of the molecule is Cc1cc(NS(=O)(=O)c2ccc(NC(=O)C(C)Sc3nc4c(cc3C#N)CCCCCC4)cc2)no1. The minimum atomic E-state index is -3.85. The molecule has 1 unspecified atom stereocenters. The van der Waals surface area contributed by atoms with E-state index in [9.17, 15) is 18.5 Å². The molecule has 0 aliphatic heterocycles. The highest BCUT2D eigenvalue weighted by atomic mass is 32.2. The second-order valence-corrected chi connectivity index (χ2v) is 11.7. The number of anilines is 2. The number of hydrogen-bond donors (Lipinski definition) is 2. The van der Waals surface area contributed by atoms with E-state index in [4.69, 9.17) is 9.51 Å². The van der Waals surface area contributed by atoms with Crippen LogP contribution in [0.5, 0.6) is 0 Å². The van der Waals surface area contributed by atoms with Crippen LogP contribution in [0.4, 0.5) is 11.5 Å². The molecule has 2 aromatic heterocycles. The van der Waals surface area contributed by atoms with Crippen LogP contribution in [0.2, 0.25) is 0 Å². The molecule has 36 heavy (non-hydrogen) atoms. The van der Waals surface area contributed by atoms with Gasteiger partial charge in [-0.05, 0) is 75.4 Å². The number of benzene rings is 1. The second kappa shape index (κ2) is 11.1. The first kappa shape index (κ1) is 25.7. The number of nitrogens with one attached hydrogen (secondary N) is 2. The number of nitrogens with zero attached hydrogens (tertiary/aromatic N) is 3. The van der Waals surface area contributed by atoms with Gasteiger partial charge >= 0.3 is 0 Å². The first-order valence-electron chi connectivity index (χ1n) is 11.7. The lowest BCUT2D eigenvalue weighted by Crippen LogP contribution is -2.23. The fourth-order valence-corrected chi connectivity index (χ4v) is 5.81. The highest BCUT2D eigenvalue weighted by molar-refractivity contribution is 8.00. The van der Waals surface area contributed by atoms with Crippen molar-refractivity contribution in [1.29, 1.82) is 5.26 Å². The van der Waals surface area contributed by atoms with Gasteiger partial charge in [0, 0.05) is 17.4 Å². The topological polar surface area (TPSA) is 138 Å². The summed E-state index contributed by atoms with van der Waals surface area (Å²) >= 11 is 1.25. The van der Waals surface area contributed by atoms with Crippen LogP contribution < -0.4 is 10.0 Å². The van der Waals surface area contributed by atoms with Gasteiger partial charge in [0.15, 0.2) is 5.82 Å². The quantitative estimate of drug-likeness (QED) is 0.418. The minimum Gasteiger partial charge on any atom is -0.360 e. The molecule has 0 saturated heterocycles. The van der Waals surface area contributed by atoms with Gasteiger partial charge < -0.3 is 9.84 Å². The van der Waals surface area contributed by atoms with Gasteiger partial charge in [-0.1, -0.05) is 29.8 Å². The Labute approximate surface area is 214 Å². The van der Waals surface area contributed by atoms with Crippen molar-refractivity contribution in [2.45, 2.75) is 67.5 Å². The van der Waals surface area contributed by atoms with E-state index >= 15 is 0 Å². The molecule has 1 aliphatic rings. The van der Waals surface area contributed by atoms with Gasteiger partial charge in [0.2, 0.25) is 5.91 Å². The third-order valence-electron chi connectivity index (χ3n) is 5.84. The van der Waals surface area contributed by atoms with Crippen LogP contribution in [0, 0.1) is 18.3 Å². The van der Waals surface area contributed by atoms with Crippen molar-refractivity contribution in [1.82, 2.24) is 10.1 Å². The van der Waals surface area contributed by atoms with Gasteiger partial charge in [-0.2, -0.15) is 5.26 Å². The average Bonchev–Trinajstić information content (AvgIpc) is 3.23. The normalized spacial score (nSPS) is 14.6. The molecule has 1 aromatic carbocycles. The number of rotatable bonds is 7. The third-order valence-corrected chi connectivity index (χ3v) is 8.32. The van der Waals surface area contributed by atoms with Crippen molar-refractivity contribution in [2.24, 2.45) is 0 Å².